The zero-order valence-corrected chi connectivity index (χ0v) is 17.6. The van der Waals surface area contributed by atoms with E-state index in [0.717, 1.165) is 0 Å². The quantitative estimate of drug-likeness (QED) is 0.195. The van der Waals surface area contributed by atoms with Crippen LogP contribution in [0.15, 0.2) is 77.9 Å². The number of nitrogens with one attached hydrogen (secondary N) is 2. The summed E-state index contributed by atoms with van der Waals surface area (Å²) in [6.45, 7) is 0. The van der Waals surface area contributed by atoms with Crippen LogP contribution in [0.2, 0.25) is 5.02 Å². The van der Waals surface area contributed by atoms with Crippen LogP contribution in [0.3, 0.4) is 0 Å². The molecule has 9 heteroatoms. The second-order valence-corrected chi connectivity index (χ2v) is 6.78. The normalized spacial score (nSPS) is 10.4. The van der Waals surface area contributed by atoms with Crippen molar-refractivity contribution in [3.05, 3.63) is 88.9 Å². The Bertz CT molecular complexity index is 1130. The lowest BCUT2D eigenvalue weighted by molar-refractivity contribution is -0.136. The Hall–Kier alpha value is -4.17. The van der Waals surface area contributed by atoms with Crippen molar-refractivity contribution in [2.24, 2.45) is 5.10 Å². The van der Waals surface area contributed by atoms with Crippen molar-refractivity contribution in [1.82, 2.24) is 5.43 Å². The van der Waals surface area contributed by atoms with E-state index in [0.29, 0.717) is 33.3 Å². The molecule has 0 saturated carbocycles. The van der Waals surface area contributed by atoms with E-state index in [9.17, 15) is 14.4 Å². The standard InChI is InChI=1S/C23H18ClN3O5/c1-31-19-12-8-18(9-13-19)26-21(28)22(29)27-25-14-15-2-10-20(11-3-15)32-23(30)16-4-6-17(24)7-5-16/h2-14H,1H3,(H,26,28)(H,27,29)/b25-14-. The minimum atomic E-state index is -0.925. The largest absolute Gasteiger partial charge is 0.497 e. The number of carbonyl (C=O) groups excluding carboxylic acids is 3. The molecule has 3 aromatic carbocycles. The molecule has 0 aliphatic rings. The molecular formula is C23H18ClN3O5. The van der Waals surface area contributed by atoms with Crippen LogP contribution < -0.4 is 20.2 Å². The number of methoxy groups -OCH3 is 1. The summed E-state index contributed by atoms with van der Waals surface area (Å²) >= 11 is 5.80. The molecule has 3 aromatic rings. The minimum Gasteiger partial charge on any atom is -0.497 e. The van der Waals surface area contributed by atoms with Crippen LogP contribution in [-0.2, 0) is 9.59 Å². The summed E-state index contributed by atoms with van der Waals surface area (Å²) in [5, 5.41) is 6.72. The van der Waals surface area contributed by atoms with Crippen LogP contribution in [0.4, 0.5) is 5.69 Å². The molecule has 8 nitrogen and oxygen atoms in total. The summed E-state index contributed by atoms with van der Waals surface area (Å²) in [6, 6.07) is 19.3. The number of carbonyl (C=O) groups is 3. The predicted molar refractivity (Wildman–Crippen MR) is 120 cm³/mol. The van der Waals surface area contributed by atoms with Gasteiger partial charge in [-0.15, -0.1) is 0 Å². The first kappa shape index (κ1) is 22.5. The lowest BCUT2D eigenvalue weighted by Crippen LogP contribution is -2.32. The van der Waals surface area contributed by atoms with E-state index >= 15 is 0 Å². The molecule has 0 aliphatic heterocycles. The Labute approximate surface area is 188 Å². The van der Waals surface area contributed by atoms with E-state index in [1.807, 2.05) is 0 Å². The number of anilines is 1. The van der Waals surface area contributed by atoms with E-state index in [2.05, 4.69) is 15.8 Å². The number of nitrogens with zero attached hydrogens (tertiary/aromatic N) is 1. The zero-order chi connectivity index (χ0) is 22.9. The number of esters is 1. The van der Waals surface area contributed by atoms with E-state index in [4.69, 9.17) is 21.1 Å². The monoisotopic (exact) mass is 451 g/mol. The third-order valence-corrected chi connectivity index (χ3v) is 4.36. The fourth-order valence-corrected chi connectivity index (χ4v) is 2.58. The van der Waals surface area contributed by atoms with Gasteiger partial charge >= 0.3 is 17.8 Å². The molecular weight excluding hydrogens is 434 g/mol. The lowest BCUT2D eigenvalue weighted by Gasteiger charge is -2.05. The molecule has 2 N–H and O–H groups in total. The molecule has 0 heterocycles. The Morgan fingerprint density at radius 1 is 0.844 bits per heavy atom. The molecule has 0 atom stereocenters. The van der Waals surface area contributed by atoms with Crippen LogP contribution in [0.5, 0.6) is 11.5 Å². The predicted octanol–water partition coefficient (Wildman–Crippen LogP) is 3.66. The number of hydrazone groups is 1. The van der Waals surface area contributed by atoms with Crippen LogP contribution in [0, 0.1) is 0 Å². The van der Waals surface area contributed by atoms with Gasteiger partial charge in [0.05, 0.1) is 18.9 Å². The number of hydrogen-bond donors (Lipinski definition) is 2. The summed E-state index contributed by atoms with van der Waals surface area (Å²) in [6.07, 6.45) is 1.35. The molecule has 0 bridgehead atoms. The molecule has 3 rings (SSSR count). The second kappa shape index (κ2) is 10.7. The second-order valence-electron chi connectivity index (χ2n) is 6.35. The van der Waals surface area contributed by atoms with Crippen LogP contribution >= 0.6 is 11.6 Å². The maximum atomic E-state index is 12.1. The third kappa shape index (κ3) is 6.41. The smallest absolute Gasteiger partial charge is 0.343 e. The number of ether oxygens (including phenoxy) is 2. The molecule has 162 valence electrons. The van der Waals surface area contributed by atoms with Crippen molar-refractivity contribution in [2.45, 2.75) is 0 Å². The summed E-state index contributed by atoms with van der Waals surface area (Å²) < 4.78 is 10.3. The highest BCUT2D eigenvalue weighted by Gasteiger charge is 2.13. The van der Waals surface area contributed by atoms with Crippen molar-refractivity contribution in [3.8, 4) is 11.5 Å². The number of benzene rings is 3. The average Bonchev–Trinajstić information content (AvgIpc) is 2.81. The first-order chi connectivity index (χ1) is 15.4. The molecule has 0 fully saturated rings. The van der Waals surface area contributed by atoms with Gasteiger partial charge in [-0.1, -0.05) is 11.6 Å². The average molecular weight is 452 g/mol. The van der Waals surface area contributed by atoms with E-state index < -0.39 is 17.8 Å². The van der Waals surface area contributed by atoms with Crippen molar-refractivity contribution < 1.29 is 23.9 Å². The van der Waals surface area contributed by atoms with Gasteiger partial charge in [0, 0.05) is 10.7 Å². The Balaban J connectivity index is 1.49. The minimum absolute atomic E-state index is 0.338. The maximum Gasteiger partial charge on any atom is 0.343 e. The van der Waals surface area contributed by atoms with E-state index in [1.54, 1.807) is 72.8 Å². The van der Waals surface area contributed by atoms with Gasteiger partial charge in [-0.3, -0.25) is 9.59 Å². The highest BCUT2D eigenvalue weighted by molar-refractivity contribution is 6.39. The lowest BCUT2D eigenvalue weighted by atomic mass is 10.2. The van der Waals surface area contributed by atoms with Crippen LogP contribution in [0.1, 0.15) is 15.9 Å². The SMILES string of the molecule is COc1ccc(NC(=O)C(=O)N/N=C\c2ccc(OC(=O)c3ccc(Cl)cc3)cc2)cc1. The summed E-state index contributed by atoms with van der Waals surface area (Å²) in [5.74, 6) is -1.34. The Morgan fingerprint density at radius 3 is 2.09 bits per heavy atom. The highest BCUT2D eigenvalue weighted by Crippen LogP contribution is 2.16. The molecule has 0 aliphatic carbocycles. The van der Waals surface area contributed by atoms with Gasteiger partial charge < -0.3 is 14.8 Å². The number of hydrogen-bond acceptors (Lipinski definition) is 6. The molecule has 32 heavy (non-hydrogen) atoms. The van der Waals surface area contributed by atoms with Crippen LogP contribution in [0.25, 0.3) is 0 Å². The highest BCUT2D eigenvalue weighted by atomic mass is 35.5. The number of halogens is 1. The third-order valence-electron chi connectivity index (χ3n) is 4.10. The van der Waals surface area contributed by atoms with Crippen LogP contribution in [-0.4, -0.2) is 31.1 Å². The van der Waals surface area contributed by atoms with Crippen molar-refractivity contribution in [1.29, 1.82) is 0 Å². The summed E-state index contributed by atoms with van der Waals surface area (Å²) in [7, 11) is 1.53. The molecule has 0 spiro atoms. The van der Waals surface area contributed by atoms with Gasteiger partial charge in [0.15, 0.2) is 0 Å². The first-order valence-corrected chi connectivity index (χ1v) is 9.68. The van der Waals surface area contributed by atoms with Crippen molar-refractivity contribution in [3.63, 3.8) is 0 Å². The number of rotatable bonds is 6. The first-order valence-electron chi connectivity index (χ1n) is 9.31. The van der Waals surface area contributed by atoms with Crippen molar-refractivity contribution in [2.75, 3.05) is 12.4 Å². The molecule has 0 radical (unpaired) electrons. The fraction of sp³-hybridized carbons (Fsp3) is 0.0435. The summed E-state index contributed by atoms with van der Waals surface area (Å²) in [5.41, 5.74) is 3.58. The van der Waals surface area contributed by atoms with Gasteiger partial charge in [0.1, 0.15) is 11.5 Å². The Morgan fingerprint density at radius 2 is 1.47 bits per heavy atom. The topological polar surface area (TPSA) is 106 Å². The Kier molecular flexibility index (Phi) is 7.55. The van der Waals surface area contributed by atoms with Gasteiger partial charge in [-0.25, -0.2) is 10.2 Å². The molecule has 0 unspecified atom stereocenters. The van der Waals surface area contributed by atoms with Gasteiger partial charge in [0.25, 0.3) is 0 Å². The van der Waals surface area contributed by atoms with E-state index in [-0.39, 0.29) is 0 Å². The summed E-state index contributed by atoms with van der Waals surface area (Å²) in [4.78, 5) is 35.9. The molecule has 0 saturated heterocycles. The maximum absolute atomic E-state index is 12.1. The van der Waals surface area contributed by atoms with Gasteiger partial charge in [-0.05, 0) is 78.4 Å². The fourth-order valence-electron chi connectivity index (χ4n) is 2.45. The van der Waals surface area contributed by atoms with Gasteiger partial charge in [0.2, 0.25) is 0 Å². The molecule has 0 aromatic heterocycles. The van der Waals surface area contributed by atoms with Gasteiger partial charge in [-0.2, -0.15) is 5.10 Å². The zero-order valence-electron chi connectivity index (χ0n) is 16.9. The van der Waals surface area contributed by atoms with Crippen molar-refractivity contribution >= 4 is 41.3 Å². The number of amides is 2. The van der Waals surface area contributed by atoms with E-state index in [1.165, 1.54) is 13.3 Å². The molecule has 2 amide bonds.